The largest absolute Gasteiger partial charge is 0.494 e. The van der Waals surface area contributed by atoms with Crippen molar-refractivity contribution in [1.82, 2.24) is 0 Å². The molecule has 0 N–H and O–H groups in total. The Morgan fingerprint density at radius 2 is 2.27 bits per heavy atom. The van der Waals surface area contributed by atoms with Crippen LogP contribution in [0, 0.1) is 5.82 Å². The van der Waals surface area contributed by atoms with E-state index in [1.165, 1.54) is 13.0 Å². The van der Waals surface area contributed by atoms with Gasteiger partial charge in [0.1, 0.15) is 22.2 Å². The molecule has 0 aliphatic heterocycles. The first kappa shape index (κ1) is 12.2. The molecule has 0 saturated heterocycles. The molecule has 2 nitrogen and oxygen atoms in total. The van der Waals surface area contributed by atoms with Crippen LogP contribution in [0.4, 0.5) is 4.39 Å². The topological polar surface area (TPSA) is 26.3 Å². The summed E-state index contributed by atoms with van der Waals surface area (Å²) in [5, 5.41) is 0. The lowest BCUT2D eigenvalue weighted by atomic mass is 10.1. The Morgan fingerprint density at radius 1 is 1.60 bits per heavy atom. The lowest BCUT2D eigenvalue weighted by molar-refractivity contribution is -0.116. The van der Waals surface area contributed by atoms with Crippen molar-refractivity contribution < 1.29 is 13.9 Å². The van der Waals surface area contributed by atoms with Crippen molar-refractivity contribution >= 4 is 21.7 Å². The Hall–Kier alpha value is -0.900. The summed E-state index contributed by atoms with van der Waals surface area (Å²) < 4.78 is 18.7. The van der Waals surface area contributed by atoms with Crippen molar-refractivity contribution in [1.29, 1.82) is 0 Å². The van der Waals surface area contributed by atoms with Crippen molar-refractivity contribution in [2.24, 2.45) is 0 Å². The summed E-state index contributed by atoms with van der Waals surface area (Å²) in [6, 6.07) is 4.50. The molecular weight excluding hydrogens is 263 g/mol. The van der Waals surface area contributed by atoms with E-state index in [2.05, 4.69) is 15.9 Å². The molecule has 82 valence electrons. The van der Waals surface area contributed by atoms with E-state index in [-0.39, 0.29) is 5.78 Å². The average molecular weight is 275 g/mol. The van der Waals surface area contributed by atoms with Gasteiger partial charge in [0.05, 0.1) is 6.61 Å². The molecule has 4 heteroatoms. The van der Waals surface area contributed by atoms with E-state index < -0.39 is 10.6 Å². The monoisotopic (exact) mass is 274 g/mol. The van der Waals surface area contributed by atoms with Crippen molar-refractivity contribution in [2.45, 2.75) is 18.7 Å². The molecule has 0 aliphatic rings. The second-order valence-corrected chi connectivity index (χ2v) is 4.01. The maximum atomic E-state index is 13.5. The number of hydrogen-bond donors (Lipinski definition) is 0. The highest BCUT2D eigenvalue weighted by Gasteiger charge is 2.17. The molecule has 1 rings (SSSR count). The van der Waals surface area contributed by atoms with Gasteiger partial charge in [0.2, 0.25) is 0 Å². The van der Waals surface area contributed by atoms with E-state index in [0.717, 1.165) is 0 Å². The van der Waals surface area contributed by atoms with Crippen molar-refractivity contribution in [3.8, 4) is 5.75 Å². The van der Waals surface area contributed by atoms with Gasteiger partial charge in [-0.1, -0.05) is 22.0 Å². The van der Waals surface area contributed by atoms with Crippen LogP contribution in [0.5, 0.6) is 5.75 Å². The number of rotatable bonds is 4. The zero-order chi connectivity index (χ0) is 11.4. The zero-order valence-corrected chi connectivity index (χ0v) is 10.2. The van der Waals surface area contributed by atoms with Crippen LogP contribution in [0.25, 0.3) is 0 Å². The number of carbonyl (C=O) groups excluding carboxylic acids is 1. The number of Topliss-reactive ketones (excluding diaryl/α,β-unsaturated/α-hetero) is 1. The van der Waals surface area contributed by atoms with Gasteiger partial charge in [-0.25, -0.2) is 4.39 Å². The smallest absolute Gasteiger partial charge is 0.147 e. The van der Waals surface area contributed by atoms with E-state index in [1.54, 1.807) is 12.1 Å². The lowest BCUT2D eigenvalue weighted by Crippen LogP contribution is -2.04. The average Bonchev–Trinajstić information content (AvgIpc) is 2.17. The van der Waals surface area contributed by atoms with Gasteiger partial charge < -0.3 is 4.74 Å². The summed E-state index contributed by atoms with van der Waals surface area (Å²) in [5.41, 5.74) is 0.339. The van der Waals surface area contributed by atoms with Crippen molar-refractivity contribution in [3.63, 3.8) is 0 Å². The number of carbonyl (C=O) groups is 1. The number of halogens is 2. The molecule has 1 atom stereocenters. The van der Waals surface area contributed by atoms with E-state index in [1.807, 2.05) is 6.92 Å². The van der Waals surface area contributed by atoms with Gasteiger partial charge in [0.25, 0.3) is 0 Å². The van der Waals surface area contributed by atoms with Gasteiger partial charge in [-0.15, -0.1) is 0 Å². The first-order chi connectivity index (χ1) is 7.06. The summed E-state index contributed by atoms with van der Waals surface area (Å²) in [5.74, 6) is -0.0851. The maximum Gasteiger partial charge on any atom is 0.147 e. The Morgan fingerprint density at radius 3 is 2.73 bits per heavy atom. The fourth-order valence-corrected chi connectivity index (χ4v) is 1.56. The maximum absolute atomic E-state index is 13.5. The lowest BCUT2D eigenvalue weighted by Gasteiger charge is -2.09. The predicted molar refractivity (Wildman–Crippen MR) is 59.9 cm³/mol. The molecule has 1 aromatic carbocycles. The third-order valence-electron chi connectivity index (χ3n) is 1.91. The summed E-state index contributed by atoms with van der Waals surface area (Å²) >= 11 is 3.13. The number of alkyl halides is 1. The molecule has 1 unspecified atom stereocenters. The molecule has 0 spiro atoms. The Bertz CT molecular complexity index is 366. The van der Waals surface area contributed by atoms with Crippen LogP contribution in [0.15, 0.2) is 18.2 Å². The first-order valence-electron chi connectivity index (χ1n) is 4.63. The molecule has 0 amide bonds. The molecular formula is C11H12BrFO2. The molecule has 15 heavy (non-hydrogen) atoms. The second-order valence-electron chi connectivity index (χ2n) is 3.09. The van der Waals surface area contributed by atoms with Crippen LogP contribution in [0.1, 0.15) is 24.2 Å². The van der Waals surface area contributed by atoms with Gasteiger partial charge >= 0.3 is 0 Å². The molecule has 1 aromatic rings. The van der Waals surface area contributed by atoms with Gasteiger partial charge in [0, 0.05) is 11.6 Å². The normalized spacial score (nSPS) is 12.3. The molecule has 0 heterocycles. The third kappa shape index (κ3) is 3.02. The molecule has 0 bridgehead atoms. The minimum absolute atomic E-state index is 0.127. The first-order valence-corrected chi connectivity index (χ1v) is 5.54. The molecule has 0 saturated carbocycles. The fraction of sp³-hybridized carbons (Fsp3) is 0.364. The highest BCUT2D eigenvalue weighted by atomic mass is 79.9. The Labute approximate surface area is 96.6 Å². The van der Waals surface area contributed by atoms with E-state index >= 15 is 0 Å². The molecule has 0 fully saturated rings. The van der Waals surface area contributed by atoms with Crippen molar-refractivity contribution in [3.05, 3.63) is 29.6 Å². The number of benzene rings is 1. The van der Waals surface area contributed by atoms with Gasteiger partial charge in [-0.3, -0.25) is 4.79 Å². The minimum Gasteiger partial charge on any atom is -0.494 e. The van der Waals surface area contributed by atoms with Crippen LogP contribution >= 0.6 is 15.9 Å². The van der Waals surface area contributed by atoms with Crippen molar-refractivity contribution in [2.75, 3.05) is 6.61 Å². The third-order valence-corrected chi connectivity index (χ3v) is 3.05. The number of hydrogen-bond acceptors (Lipinski definition) is 2. The van der Waals surface area contributed by atoms with Crippen LogP contribution in [-0.4, -0.2) is 12.4 Å². The molecule has 0 aromatic heterocycles. The highest BCUT2D eigenvalue weighted by Crippen LogP contribution is 2.28. The van der Waals surface area contributed by atoms with Crippen LogP contribution in [0.2, 0.25) is 0 Å². The number of ketones is 1. The SMILES string of the molecule is CCOc1ccc(C(Br)C(C)=O)c(F)c1. The van der Waals surface area contributed by atoms with Gasteiger partial charge in [0.15, 0.2) is 0 Å². The fourth-order valence-electron chi connectivity index (χ4n) is 1.19. The molecule has 0 radical (unpaired) electrons. The minimum atomic E-state index is -0.590. The Balaban J connectivity index is 2.97. The van der Waals surface area contributed by atoms with Gasteiger partial charge in [-0.05, 0) is 19.9 Å². The quantitative estimate of drug-likeness (QED) is 0.788. The van der Waals surface area contributed by atoms with E-state index in [0.29, 0.717) is 17.9 Å². The highest BCUT2D eigenvalue weighted by molar-refractivity contribution is 9.09. The molecule has 0 aliphatic carbocycles. The summed E-state index contributed by atoms with van der Waals surface area (Å²) in [4.78, 5) is 10.5. The predicted octanol–water partition coefficient (Wildman–Crippen LogP) is 3.25. The Kier molecular flexibility index (Phi) is 4.27. The van der Waals surface area contributed by atoms with Gasteiger partial charge in [-0.2, -0.15) is 0 Å². The standard InChI is InChI=1S/C11H12BrFO2/c1-3-15-8-4-5-9(10(13)6-8)11(12)7(2)14/h4-6,11H,3H2,1-2H3. The van der Waals surface area contributed by atoms with E-state index in [4.69, 9.17) is 4.74 Å². The van der Waals surface area contributed by atoms with Crippen LogP contribution < -0.4 is 4.74 Å². The summed E-state index contributed by atoms with van der Waals surface area (Å²) in [7, 11) is 0. The van der Waals surface area contributed by atoms with Crippen LogP contribution in [-0.2, 0) is 4.79 Å². The summed E-state index contributed by atoms with van der Waals surface area (Å²) in [6.45, 7) is 3.73. The summed E-state index contributed by atoms with van der Waals surface area (Å²) in [6.07, 6.45) is 0. The zero-order valence-electron chi connectivity index (χ0n) is 8.59. The second kappa shape index (κ2) is 5.26. The number of ether oxygens (including phenoxy) is 1. The van der Waals surface area contributed by atoms with E-state index in [9.17, 15) is 9.18 Å². The van der Waals surface area contributed by atoms with Crippen LogP contribution in [0.3, 0.4) is 0 Å².